The van der Waals surface area contributed by atoms with Gasteiger partial charge < -0.3 is 15.5 Å². The average molecular weight is 255 g/mol. The molecule has 1 rings (SSSR count). The molecule has 1 saturated heterocycles. The molecule has 0 aromatic rings. The zero-order valence-corrected chi connectivity index (χ0v) is 12.2. The third-order valence-corrected chi connectivity index (χ3v) is 3.89. The summed E-state index contributed by atoms with van der Waals surface area (Å²) in [7, 11) is 4.08. The highest BCUT2D eigenvalue weighted by molar-refractivity contribution is 5.76. The minimum absolute atomic E-state index is 0.0300. The maximum Gasteiger partial charge on any atom is 0.223 e. The van der Waals surface area contributed by atoms with Crippen LogP contribution in [0.2, 0.25) is 0 Å². The van der Waals surface area contributed by atoms with Gasteiger partial charge in [0.2, 0.25) is 5.91 Å². The highest BCUT2D eigenvalue weighted by atomic mass is 16.2. The molecule has 106 valence electrons. The van der Waals surface area contributed by atoms with Crippen molar-refractivity contribution in [1.29, 1.82) is 0 Å². The number of likely N-dealkylation sites (tertiary alicyclic amines) is 1. The Labute approximate surface area is 111 Å². The minimum Gasteiger partial charge on any atom is -0.345 e. The van der Waals surface area contributed by atoms with E-state index < -0.39 is 0 Å². The molecule has 1 heterocycles. The molecule has 2 N–H and O–H groups in total. The van der Waals surface area contributed by atoms with E-state index in [-0.39, 0.29) is 11.9 Å². The number of nitrogens with zero attached hydrogens (tertiary/aromatic N) is 2. The van der Waals surface area contributed by atoms with Crippen LogP contribution < -0.4 is 5.73 Å². The van der Waals surface area contributed by atoms with Gasteiger partial charge in [-0.05, 0) is 45.3 Å². The second-order valence-corrected chi connectivity index (χ2v) is 5.77. The molecule has 1 atom stereocenters. The van der Waals surface area contributed by atoms with E-state index in [1.54, 1.807) is 0 Å². The smallest absolute Gasteiger partial charge is 0.223 e. The summed E-state index contributed by atoms with van der Waals surface area (Å²) < 4.78 is 0. The van der Waals surface area contributed by atoms with Crippen LogP contribution in [-0.4, -0.2) is 55.5 Å². The molecule has 0 aliphatic carbocycles. The summed E-state index contributed by atoms with van der Waals surface area (Å²) in [5, 5.41) is 0. The van der Waals surface area contributed by atoms with Crippen molar-refractivity contribution in [3.63, 3.8) is 0 Å². The standard InChI is InChI=1S/C14H29N3O/c1-4-5-13(15)10-14(18)17(3)11-12-6-8-16(2)9-7-12/h12-13H,4-11,15H2,1-3H3. The lowest BCUT2D eigenvalue weighted by Gasteiger charge is -2.32. The van der Waals surface area contributed by atoms with Crippen molar-refractivity contribution in [3.8, 4) is 0 Å². The van der Waals surface area contributed by atoms with Crippen molar-refractivity contribution in [2.75, 3.05) is 33.7 Å². The van der Waals surface area contributed by atoms with Gasteiger partial charge >= 0.3 is 0 Å². The van der Waals surface area contributed by atoms with Crippen molar-refractivity contribution in [2.45, 2.75) is 45.1 Å². The fraction of sp³-hybridized carbons (Fsp3) is 0.929. The van der Waals surface area contributed by atoms with E-state index in [0.29, 0.717) is 12.3 Å². The maximum atomic E-state index is 12.0. The van der Waals surface area contributed by atoms with Crippen molar-refractivity contribution in [3.05, 3.63) is 0 Å². The number of carbonyl (C=O) groups excluding carboxylic acids is 1. The number of rotatable bonds is 6. The number of hydrogen-bond donors (Lipinski definition) is 1. The first-order valence-corrected chi connectivity index (χ1v) is 7.21. The molecule has 0 aromatic heterocycles. The molecule has 0 saturated carbocycles. The molecule has 0 bridgehead atoms. The Hall–Kier alpha value is -0.610. The van der Waals surface area contributed by atoms with Crippen LogP contribution >= 0.6 is 0 Å². The molecule has 4 heteroatoms. The van der Waals surface area contributed by atoms with Gasteiger partial charge in [-0.15, -0.1) is 0 Å². The number of piperidine rings is 1. The lowest BCUT2D eigenvalue weighted by atomic mass is 9.96. The van der Waals surface area contributed by atoms with E-state index in [1.807, 2.05) is 11.9 Å². The fourth-order valence-corrected chi connectivity index (χ4v) is 2.59. The molecule has 1 aliphatic rings. The monoisotopic (exact) mass is 255 g/mol. The topological polar surface area (TPSA) is 49.6 Å². The van der Waals surface area contributed by atoms with E-state index in [2.05, 4.69) is 18.9 Å². The zero-order valence-electron chi connectivity index (χ0n) is 12.2. The minimum atomic E-state index is 0.0300. The zero-order chi connectivity index (χ0) is 13.5. The molecular formula is C14H29N3O. The van der Waals surface area contributed by atoms with Gasteiger partial charge in [0.1, 0.15) is 0 Å². The second kappa shape index (κ2) is 7.74. The van der Waals surface area contributed by atoms with Gasteiger partial charge in [0, 0.05) is 26.1 Å². The van der Waals surface area contributed by atoms with Gasteiger partial charge in [0.15, 0.2) is 0 Å². The largest absolute Gasteiger partial charge is 0.345 e. The highest BCUT2D eigenvalue weighted by Crippen LogP contribution is 2.17. The van der Waals surface area contributed by atoms with Crippen molar-refractivity contribution in [2.24, 2.45) is 11.7 Å². The summed E-state index contributed by atoms with van der Waals surface area (Å²) >= 11 is 0. The van der Waals surface area contributed by atoms with Gasteiger partial charge in [-0.1, -0.05) is 13.3 Å². The maximum absolute atomic E-state index is 12.0. The Bertz CT molecular complexity index is 249. The quantitative estimate of drug-likeness (QED) is 0.778. The lowest BCUT2D eigenvalue weighted by molar-refractivity contribution is -0.131. The Kier molecular flexibility index (Phi) is 6.65. The normalized spacial score (nSPS) is 19.8. The first-order valence-electron chi connectivity index (χ1n) is 7.21. The van der Waals surface area contributed by atoms with Crippen molar-refractivity contribution < 1.29 is 4.79 Å². The van der Waals surface area contributed by atoms with Gasteiger partial charge in [-0.3, -0.25) is 4.79 Å². The Balaban J connectivity index is 2.26. The van der Waals surface area contributed by atoms with Crippen molar-refractivity contribution >= 4 is 5.91 Å². The second-order valence-electron chi connectivity index (χ2n) is 5.77. The molecule has 1 unspecified atom stereocenters. The third kappa shape index (κ3) is 5.36. The van der Waals surface area contributed by atoms with E-state index in [1.165, 1.54) is 12.8 Å². The van der Waals surface area contributed by atoms with Crippen LogP contribution in [0.3, 0.4) is 0 Å². The third-order valence-electron chi connectivity index (χ3n) is 3.89. The average Bonchev–Trinajstić information content (AvgIpc) is 2.32. The summed E-state index contributed by atoms with van der Waals surface area (Å²) in [4.78, 5) is 16.2. The van der Waals surface area contributed by atoms with Crippen LogP contribution in [0, 0.1) is 5.92 Å². The van der Waals surface area contributed by atoms with Gasteiger partial charge in [-0.25, -0.2) is 0 Å². The number of carbonyl (C=O) groups is 1. The Morgan fingerprint density at radius 2 is 2.06 bits per heavy atom. The molecule has 1 aliphatic heterocycles. The molecule has 0 spiro atoms. The molecule has 4 nitrogen and oxygen atoms in total. The van der Waals surface area contributed by atoms with Gasteiger partial charge in [0.25, 0.3) is 0 Å². The lowest BCUT2D eigenvalue weighted by Crippen LogP contribution is -2.39. The van der Waals surface area contributed by atoms with E-state index in [4.69, 9.17) is 5.73 Å². The summed E-state index contributed by atoms with van der Waals surface area (Å²) in [6, 6.07) is 0.0300. The fourth-order valence-electron chi connectivity index (χ4n) is 2.59. The van der Waals surface area contributed by atoms with Crippen LogP contribution in [0.5, 0.6) is 0 Å². The summed E-state index contributed by atoms with van der Waals surface area (Å²) in [5.74, 6) is 0.868. The van der Waals surface area contributed by atoms with E-state index in [9.17, 15) is 4.79 Å². The highest BCUT2D eigenvalue weighted by Gasteiger charge is 2.21. The predicted octanol–water partition coefficient (Wildman–Crippen LogP) is 1.30. The Morgan fingerprint density at radius 3 is 2.61 bits per heavy atom. The van der Waals surface area contributed by atoms with Crippen LogP contribution in [0.4, 0.5) is 0 Å². The molecular weight excluding hydrogens is 226 g/mol. The molecule has 1 fully saturated rings. The van der Waals surface area contributed by atoms with E-state index >= 15 is 0 Å². The van der Waals surface area contributed by atoms with Crippen molar-refractivity contribution in [1.82, 2.24) is 9.80 Å². The van der Waals surface area contributed by atoms with Crippen LogP contribution in [0.25, 0.3) is 0 Å². The van der Waals surface area contributed by atoms with Gasteiger partial charge in [0.05, 0.1) is 0 Å². The van der Waals surface area contributed by atoms with Crippen LogP contribution in [-0.2, 0) is 4.79 Å². The predicted molar refractivity (Wildman–Crippen MR) is 75.4 cm³/mol. The number of amides is 1. The molecule has 0 radical (unpaired) electrons. The molecule has 0 aromatic carbocycles. The molecule has 1 amide bonds. The van der Waals surface area contributed by atoms with Crippen LogP contribution in [0.1, 0.15) is 39.0 Å². The Morgan fingerprint density at radius 1 is 1.44 bits per heavy atom. The van der Waals surface area contributed by atoms with Crippen LogP contribution in [0.15, 0.2) is 0 Å². The molecule has 18 heavy (non-hydrogen) atoms. The first kappa shape index (κ1) is 15.4. The number of nitrogens with two attached hydrogens (primary N) is 1. The van der Waals surface area contributed by atoms with E-state index in [0.717, 1.165) is 32.5 Å². The first-order chi connectivity index (χ1) is 8.52. The summed E-state index contributed by atoms with van der Waals surface area (Å²) in [5.41, 5.74) is 5.92. The SMILES string of the molecule is CCCC(N)CC(=O)N(C)CC1CCN(C)CC1. The number of hydrogen-bond acceptors (Lipinski definition) is 3. The summed E-state index contributed by atoms with van der Waals surface area (Å²) in [6.07, 6.45) is 4.89. The van der Waals surface area contributed by atoms with Gasteiger partial charge in [-0.2, -0.15) is 0 Å². The summed E-state index contributed by atoms with van der Waals surface area (Å²) in [6.45, 7) is 5.31.